The minimum absolute atomic E-state index is 0. The molecule has 163 valence electrons. The Morgan fingerprint density at radius 1 is 0.645 bits per heavy atom. The zero-order valence-electron chi connectivity index (χ0n) is 19.2. The van der Waals surface area contributed by atoms with E-state index < -0.39 is 0 Å². The Labute approximate surface area is 197 Å². The van der Waals surface area contributed by atoms with Gasteiger partial charge in [-0.25, -0.2) is 4.98 Å². The summed E-state index contributed by atoms with van der Waals surface area (Å²) in [5, 5.41) is 0. The molecule has 0 N–H and O–H groups in total. The number of rotatable bonds is 6. The second kappa shape index (κ2) is 11.2. The Morgan fingerprint density at radius 3 is 1.42 bits per heavy atom. The molecule has 1 radical (unpaired) electrons. The summed E-state index contributed by atoms with van der Waals surface area (Å²) >= 11 is 0. The minimum atomic E-state index is 0. The van der Waals surface area contributed by atoms with Gasteiger partial charge in [-0.05, 0) is 60.1 Å². The molecule has 0 aliphatic rings. The van der Waals surface area contributed by atoms with Crippen LogP contribution in [-0.2, 0) is 16.8 Å². The molecule has 1 heterocycles. The maximum Gasteiger partial charge on any atom is 0.0820 e. The van der Waals surface area contributed by atoms with Gasteiger partial charge in [0, 0.05) is 16.8 Å². The molecule has 0 unspecified atom stereocenters. The summed E-state index contributed by atoms with van der Waals surface area (Å²) in [6.07, 6.45) is 3.69. The van der Waals surface area contributed by atoms with Crippen molar-refractivity contribution in [3.63, 3.8) is 0 Å². The van der Waals surface area contributed by atoms with Crippen molar-refractivity contribution in [2.75, 3.05) is 0 Å². The van der Waals surface area contributed by atoms with Crippen molar-refractivity contribution < 1.29 is 16.8 Å². The van der Waals surface area contributed by atoms with Crippen molar-refractivity contribution in [1.82, 2.24) is 4.98 Å². The molecule has 0 fully saturated rings. The molecule has 0 bridgehead atoms. The molecular formula is C27H31CoN3. The van der Waals surface area contributed by atoms with E-state index in [0.717, 1.165) is 22.8 Å². The molecule has 0 amide bonds. The number of hydrogen-bond donors (Lipinski definition) is 0. The molecule has 2 aromatic carbocycles. The van der Waals surface area contributed by atoms with Crippen LogP contribution in [0.25, 0.3) is 0 Å². The molecule has 0 aliphatic carbocycles. The summed E-state index contributed by atoms with van der Waals surface area (Å²) in [6.45, 7) is 13.0. The average molecular weight is 456 g/mol. The maximum atomic E-state index is 4.78. The molecule has 31 heavy (non-hydrogen) atoms. The zero-order valence-corrected chi connectivity index (χ0v) is 20.2. The van der Waals surface area contributed by atoms with E-state index in [0.29, 0.717) is 11.8 Å². The minimum Gasteiger partial charge on any atom is -0.254 e. The van der Waals surface area contributed by atoms with Crippen molar-refractivity contribution in [1.29, 1.82) is 0 Å². The predicted molar refractivity (Wildman–Crippen MR) is 129 cm³/mol. The van der Waals surface area contributed by atoms with Crippen LogP contribution in [0.3, 0.4) is 0 Å². The normalized spacial score (nSPS) is 11.6. The van der Waals surface area contributed by atoms with E-state index >= 15 is 0 Å². The molecule has 0 aliphatic heterocycles. The maximum absolute atomic E-state index is 4.78. The molecule has 1 aromatic heterocycles. The van der Waals surface area contributed by atoms with Gasteiger partial charge in [0.15, 0.2) is 0 Å². The van der Waals surface area contributed by atoms with Crippen LogP contribution in [0.5, 0.6) is 0 Å². The monoisotopic (exact) mass is 456 g/mol. The van der Waals surface area contributed by atoms with Gasteiger partial charge >= 0.3 is 0 Å². The van der Waals surface area contributed by atoms with Crippen LogP contribution in [-0.4, -0.2) is 17.4 Å². The fraction of sp³-hybridized carbons (Fsp3) is 0.296. The zero-order chi connectivity index (χ0) is 21.7. The van der Waals surface area contributed by atoms with Crippen molar-refractivity contribution in [2.45, 2.75) is 53.4 Å². The smallest absolute Gasteiger partial charge is 0.0820 e. The van der Waals surface area contributed by atoms with Gasteiger partial charge in [-0.1, -0.05) is 70.2 Å². The van der Waals surface area contributed by atoms with Crippen molar-refractivity contribution in [3.8, 4) is 0 Å². The van der Waals surface area contributed by atoms with E-state index in [1.54, 1.807) is 0 Å². The van der Waals surface area contributed by atoms with E-state index in [-0.39, 0.29) is 16.8 Å². The standard InChI is InChI=1S/C27H31N3.Co/c1-18(2)24-14-7-10-20(5)26(24)28-16-22-12-9-13-23(30-22)17-29-27-21(6)11-8-15-25(27)19(3)4;/h7-19H,1-6H3;. The van der Waals surface area contributed by atoms with Crippen LogP contribution in [0, 0.1) is 13.8 Å². The van der Waals surface area contributed by atoms with E-state index in [1.165, 1.54) is 22.3 Å². The van der Waals surface area contributed by atoms with Gasteiger partial charge in [-0.3, -0.25) is 9.98 Å². The summed E-state index contributed by atoms with van der Waals surface area (Å²) in [6, 6.07) is 18.6. The molecule has 3 aromatic rings. The first-order chi connectivity index (χ1) is 14.4. The summed E-state index contributed by atoms with van der Waals surface area (Å²) in [4.78, 5) is 14.3. The molecular weight excluding hydrogens is 425 g/mol. The summed E-state index contributed by atoms with van der Waals surface area (Å²) in [7, 11) is 0. The average Bonchev–Trinajstić information content (AvgIpc) is 2.71. The number of aromatic nitrogens is 1. The van der Waals surface area contributed by atoms with E-state index in [9.17, 15) is 0 Å². The van der Waals surface area contributed by atoms with Crippen molar-refractivity contribution in [3.05, 3.63) is 88.2 Å². The largest absolute Gasteiger partial charge is 0.254 e. The fourth-order valence-electron chi connectivity index (χ4n) is 3.52. The van der Waals surface area contributed by atoms with Gasteiger partial charge in [-0.15, -0.1) is 0 Å². The third-order valence-electron chi connectivity index (χ3n) is 5.23. The first-order valence-corrected chi connectivity index (χ1v) is 10.6. The number of aliphatic imine (C=N–C) groups is 2. The fourth-order valence-corrected chi connectivity index (χ4v) is 3.52. The van der Waals surface area contributed by atoms with Crippen LogP contribution < -0.4 is 0 Å². The Kier molecular flexibility index (Phi) is 8.90. The van der Waals surface area contributed by atoms with Gasteiger partial charge < -0.3 is 0 Å². The topological polar surface area (TPSA) is 37.6 Å². The second-order valence-electron chi connectivity index (χ2n) is 8.34. The third-order valence-corrected chi connectivity index (χ3v) is 5.23. The second-order valence-corrected chi connectivity index (χ2v) is 8.34. The quantitative estimate of drug-likeness (QED) is 0.355. The Morgan fingerprint density at radius 2 is 1.03 bits per heavy atom. The number of benzene rings is 2. The summed E-state index contributed by atoms with van der Waals surface area (Å²) < 4.78 is 0. The van der Waals surface area contributed by atoms with E-state index in [2.05, 4.69) is 77.9 Å². The van der Waals surface area contributed by atoms with Crippen LogP contribution in [0.4, 0.5) is 11.4 Å². The first kappa shape index (κ1) is 24.7. The van der Waals surface area contributed by atoms with Gasteiger partial charge in [0.25, 0.3) is 0 Å². The van der Waals surface area contributed by atoms with E-state index in [4.69, 9.17) is 15.0 Å². The third kappa shape index (κ3) is 6.22. The van der Waals surface area contributed by atoms with Gasteiger partial charge in [-0.2, -0.15) is 0 Å². The van der Waals surface area contributed by atoms with Gasteiger partial charge in [0.1, 0.15) is 0 Å². The van der Waals surface area contributed by atoms with Crippen LogP contribution >= 0.6 is 0 Å². The molecule has 3 nitrogen and oxygen atoms in total. The molecule has 0 saturated heterocycles. The summed E-state index contributed by atoms with van der Waals surface area (Å²) in [5.74, 6) is 0.848. The van der Waals surface area contributed by atoms with Crippen molar-refractivity contribution in [2.24, 2.45) is 9.98 Å². The van der Waals surface area contributed by atoms with Crippen molar-refractivity contribution >= 4 is 23.8 Å². The van der Waals surface area contributed by atoms with Crippen LogP contribution in [0.15, 0.2) is 64.6 Å². The number of pyridine rings is 1. The Hall–Kier alpha value is -2.56. The first-order valence-electron chi connectivity index (χ1n) is 10.6. The Balaban J connectivity index is 0.00000341. The summed E-state index contributed by atoms with van der Waals surface area (Å²) in [5.41, 5.74) is 8.59. The molecule has 0 atom stereocenters. The van der Waals surface area contributed by atoms with E-state index in [1.807, 2.05) is 30.6 Å². The van der Waals surface area contributed by atoms with Crippen LogP contribution in [0.2, 0.25) is 0 Å². The number of aryl methyl sites for hydroxylation is 2. The molecule has 0 spiro atoms. The van der Waals surface area contributed by atoms with Gasteiger partial charge in [0.05, 0.1) is 35.2 Å². The number of nitrogens with zero attached hydrogens (tertiary/aromatic N) is 3. The predicted octanol–water partition coefficient (Wildman–Crippen LogP) is 7.44. The number of hydrogen-bond acceptors (Lipinski definition) is 3. The molecule has 3 rings (SSSR count). The van der Waals surface area contributed by atoms with Gasteiger partial charge in [0.2, 0.25) is 0 Å². The number of para-hydroxylation sites is 2. The van der Waals surface area contributed by atoms with Crippen LogP contribution in [0.1, 0.15) is 73.2 Å². The Bertz CT molecular complexity index is 999. The molecule has 4 heteroatoms. The SMILES string of the molecule is Cc1cccc(C(C)C)c1N=Cc1cccc(C=Nc2c(C)cccc2C(C)C)n1.[Co]. The molecule has 0 saturated carbocycles.